The number of aryl methyl sites for hydroxylation is 2. The molecule has 26 heavy (non-hydrogen) atoms. The summed E-state index contributed by atoms with van der Waals surface area (Å²) < 4.78 is 15.1. The van der Waals surface area contributed by atoms with E-state index >= 15 is 0 Å². The highest BCUT2D eigenvalue weighted by molar-refractivity contribution is 14.0. The molecule has 0 aliphatic rings. The highest BCUT2D eigenvalue weighted by Gasteiger charge is 2.14. The van der Waals surface area contributed by atoms with Crippen LogP contribution >= 0.6 is 35.6 Å². The molecule has 144 valence electrons. The van der Waals surface area contributed by atoms with Crippen LogP contribution in [0.1, 0.15) is 29.4 Å². The first-order chi connectivity index (χ1) is 11.8. The molecule has 1 unspecified atom stereocenters. The SMILES string of the molecule is CN=C(NCc1ccc(F)c(Cl)c1)NC(C)Cc1c(C)nn(C)c1C.I. The molecule has 5 nitrogen and oxygen atoms in total. The smallest absolute Gasteiger partial charge is 0.191 e. The third kappa shape index (κ3) is 5.84. The molecule has 0 spiro atoms. The molecular weight excluding hydrogens is 468 g/mol. The molecule has 0 aliphatic carbocycles. The van der Waals surface area contributed by atoms with Crippen molar-refractivity contribution in [3.8, 4) is 0 Å². The molecule has 1 aromatic heterocycles. The average molecular weight is 494 g/mol. The number of nitrogens with zero attached hydrogens (tertiary/aromatic N) is 3. The van der Waals surface area contributed by atoms with Crippen LogP contribution in [-0.4, -0.2) is 28.8 Å². The lowest BCUT2D eigenvalue weighted by Gasteiger charge is -2.18. The quantitative estimate of drug-likeness (QED) is 0.379. The standard InChI is InChI=1S/C18H25ClFN5.HI/c1-11(8-15-12(2)24-25(5)13(15)3)23-18(21-4)22-10-14-6-7-17(20)16(19)9-14;/h6-7,9,11H,8,10H2,1-5H3,(H2,21,22,23);1H. The zero-order chi connectivity index (χ0) is 18.6. The Labute approximate surface area is 176 Å². The highest BCUT2D eigenvalue weighted by Crippen LogP contribution is 2.16. The predicted octanol–water partition coefficient (Wildman–Crippen LogP) is 3.74. The average Bonchev–Trinajstić information content (AvgIpc) is 2.80. The number of hydrogen-bond acceptors (Lipinski definition) is 2. The zero-order valence-electron chi connectivity index (χ0n) is 15.7. The van der Waals surface area contributed by atoms with Gasteiger partial charge in [0, 0.05) is 32.4 Å². The van der Waals surface area contributed by atoms with Crippen molar-refractivity contribution in [2.75, 3.05) is 7.05 Å². The van der Waals surface area contributed by atoms with Gasteiger partial charge >= 0.3 is 0 Å². The van der Waals surface area contributed by atoms with Crippen LogP contribution in [0.3, 0.4) is 0 Å². The number of rotatable bonds is 5. The molecule has 2 aromatic rings. The van der Waals surface area contributed by atoms with Gasteiger partial charge in [0.1, 0.15) is 5.82 Å². The number of guanidine groups is 1. The second-order valence-electron chi connectivity index (χ2n) is 6.20. The van der Waals surface area contributed by atoms with Crippen LogP contribution in [0.5, 0.6) is 0 Å². The predicted molar refractivity (Wildman–Crippen MR) is 116 cm³/mol. The van der Waals surface area contributed by atoms with Crippen molar-refractivity contribution in [2.24, 2.45) is 12.0 Å². The molecule has 2 N–H and O–H groups in total. The van der Waals surface area contributed by atoms with Crippen molar-refractivity contribution in [1.82, 2.24) is 20.4 Å². The van der Waals surface area contributed by atoms with Crippen molar-refractivity contribution in [3.05, 3.63) is 51.6 Å². The highest BCUT2D eigenvalue weighted by atomic mass is 127. The van der Waals surface area contributed by atoms with E-state index in [1.165, 1.54) is 17.3 Å². The van der Waals surface area contributed by atoms with Gasteiger partial charge in [-0.15, -0.1) is 24.0 Å². The second kappa shape index (κ2) is 10.1. The van der Waals surface area contributed by atoms with Crippen LogP contribution in [0.25, 0.3) is 0 Å². The Morgan fingerprint density at radius 1 is 1.38 bits per heavy atom. The van der Waals surface area contributed by atoms with Crippen LogP contribution in [0.15, 0.2) is 23.2 Å². The number of hydrogen-bond donors (Lipinski definition) is 2. The lowest BCUT2D eigenvalue weighted by molar-refractivity contribution is 0.625. The normalized spacial score (nSPS) is 12.5. The summed E-state index contributed by atoms with van der Waals surface area (Å²) in [6, 6.07) is 4.87. The van der Waals surface area contributed by atoms with E-state index in [4.69, 9.17) is 11.6 Å². The zero-order valence-corrected chi connectivity index (χ0v) is 18.8. The van der Waals surface area contributed by atoms with Gasteiger partial charge in [0.2, 0.25) is 0 Å². The molecule has 0 aliphatic heterocycles. The summed E-state index contributed by atoms with van der Waals surface area (Å²) in [5, 5.41) is 11.2. The fourth-order valence-corrected chi connectivity index (χ4v) is 2.94. The van der Waals surface area contributed by atoms with Gasteiger partial charge in [0.05, 0.1) is 10.7 Å². The first-order valence-corrected chi connectivity index (χ1v) is 8.59. The fraction of sp³-hybridized carbons (Fsp3) is 0.444. The summed E-state index contributed by atoms with van der Waals surface area (Å²) in [5.74, 6) is 0.274. The van der Waals surface area contributed by atoms with Crippen molar-refractivity contribution in [3.63, 3.8) is 0 Å². The largest absolute Gasteiger partial charge is 0.354 e. The minimum atomic E-state index is -0.413. The number of halogens is 3. The van der Waals surface area contributed by atoms with Gasteiger partial charge < -0.3 is 10.6 Å². The molecule has 1 atom stereocenters. The van der Waals surface area contributed by atoms with Gasteiger partial charge in [-0.05, 0) is 50.5 Å². The van der Waals surface area contributed by atoms with Crippen molar-refractivity contribution >= 4 is 41.5 Å². The lowest BCUT2D eigenvalue weighted by atomic mass is 10.1. The Bertz CT molecular complexity index is 775. The minimum absolute atomic E-state index is 0. The molecule has 0 saturated carbocycles. The van der Waals surface area contributed by atoms with Gasteiger partial charge in [0.25, 0.3) is 0 Å². The maximum absolute atomic E-state index is 13.2. The van der Waals surface area contributed by atoms with Crippen LogP contribution in [0.4, 0.5) is 4.39 Å². The number of nitrogens with one attached hydrogen (secondary N) is 2. The van der Waals surface area contributed by atoms with Gasteiger partial charge in [-0.2, -0.15) is 5.10 Å². The van der Waals surface area contributed by atoms with Crippen molar-refractivity contribution in [2.45, 2.75) is 39.8 Å². The Morgan fingerprint density at radius 3 is 2.62 bits per heavy atom. The van der Waals surface area contributed by atoms with Gasteiger partial charge in [-0.3, -0.25) is 9.67 Å². The summed E-state index contributed by atoms with van der Waals surface area (Å²) in [4.78, 5) is 4.24. The minimum Gasteiger partial charge on any atom is -0.354 e. The maximum Gasteiger partial charge on any atom is 0.191 e. The molecular formula is C18H26ClFIN5. The maximum atomic E-state index is 13.2. The van der Waals surface area contributed by atoms with Gasteiger partial charge in [-0.25, -0.2) is 4.39 Å². The first-order valence-electron chi connectivity index (χ1n) is 8.22. The van der Waals surface area contributed by atoms with E-state index in [0.717, 1.165) is 17.7 Å². The lowest BCUT2D eigenvalue weighted by Crippen LogP contribution is -2.42. The van der Waals surface area contributed by atoms with E-state index in [1.807, 2.05) is 18.7 Å². The molecule has 1 heterocycles. The van der Waals surface area contributed by atoms with E-state index in [9.17, 15) is 4.39 Å². The fourth-order valence-electron chi connectivity index (χ4n) is 2.73. The summed E-state index contributed by atoms with van der Waals surface area (Å²) in [6.45, 7) is 6.72. The molecule has 1 aromatic carbocycles. The van der Waals surface area contributed by atoms with Crippen LogP contribution in [0, 0.1) is 19.7 Å². The molecule has 2 rings (SSSR count). The second-order valence-corrected chi connectivity index (χ2v) is 6.60. The topological polar surface area (TPSA) is 54.2 Å². The van der Waals surface area contributed by atoms with E-state index < -0.39 is 5.82 Å². The Hall–Kier alpha value is -1.35. The van der Waals surface area contributed by atoms with Crippen LogP contribution < -0.4 is 10.6 Å². The van der Waals surface area contributed by atoms with E-state index in [0.29, 0.717) is 12.5 Å². The van der Waals surface area contributed by atoms with Crippen LogP contribution in [0.2, 0.25) is 5.02 Å². The molecule has 0 bridgehead atoms. The molecule has 0 fully saturated rings. The van der Waals surface area contributed by atoms with Gasteiger partial charge in [-0.1, -0.05) is 17.7 Å². The Kier molecular flexibility index (Phi) is 8.82. The number of aromatic nitrogens is 2. The molecule has 8 heteroatoms. The van der Waals surface area contributed by atoms with Crippen molar-refractivity contribution in [1.29, 1.82) is 0 Å². The third-order valence-corrected chi connectivity index (χ3v) is 4.51. The summed E-state index contributed by atoms with van der Waals surface area (Å²) in [5.41, 5.74) is 4.37. The Balaban J connectivity index is 0.00000338. The third-order valence-electron chi connectivity index (χ3n) is 4.22. The van der Waals surface area contributed by atoms with Crippen LogP contribution in [-0.2, 0) is 20.0 Å². The summed E-state index contributed by atoms with van der Waals surface area (Å²) in [7, 11) is 3.68. The first kappa shape index (κ1) is 22.7. The van der Waals surface area contributed by atoms with Gasteiger partial charge in [0.15, 0.2) is 5.96 Å². The Morgan fingerprint density at radius 2 is 2.08 bits per heavy atom. The molecule has 0 saturated heterocycles. The van der Waals surface area contributed by atoms with E-state index in [2.05, 4.69) is 34.6 Å². The molecule has 0 amide bonds. The molecule has 0 radical (unpaired) electrons. The number of aliphatic imine (C=N–C) groups is 1. The number of benzene rings is 1. The summed E-state index contributed by atoms with van der Waals surface area (Å²) in [6.07, 6.45) is 0.856. The van der Waals surface area contributed by atoms with Crippen molar-refractivity contribution < 1.29 is 4.39 Å². The monoisotopic (exact) mass is 493 g/mol. The van der Waals surface area contributed by atoms with E-state index in [1.54, 1.807) is 19.2 Å². The van der Waals surface area contributed by atoms with E-state index in [-0.39, 0.29) is 35.0 Å². The summed E-state index contributed by atoms with van der Waals surface area (Å²) >= 11 is 5.81.